The minimum atomic E-state index is -0.130. The van der Waals surface area contributed by atoms with Gasteiger partial charge in [-0.15, -0.1) is 10.2 Å². The van der Waals surface area contributed by atoms with Crippen LogP contribution in [-0.4, -0.2) is 29.3 Å². The largest absolute Gasteiger partial charge is 0.480 e. The molecule has 3 rings (SSSR count). The summed E-state index contributed by atoms with van der Waals surface area (Å²) < 4.78 is 4.97. The fraction of sp³-hybridized carbons (Fsp3) is 0.267. The topological polar surface area (TPSA) is 64.1 Å². The van der Waals surface area contributed by atoms with Crippen LogP contribution in [-0.2, 0) is 0 Å². The Morgan fingerprint density at radius 1 is 1.29 bits per heavy atom. The molecule has 0 bridgehead atoms. The molecule has 0 spiro atoms. The Balaban J connectivity index is 1.83. The summed E-state index contributed by atoms with van der Waals surface area (Å²) in [5, 5.41) is 11.3. The third kappa shape index (κ3) is 3.13. The standard InChI is InChI=1S/C15H14ClN3O2/c1-21-14-7-6-13(18-19-14)9-2-5-11(12(16)8-9)15(20)17-10-3-4-10/h2,5-8,10H,3-4H2,1H3,(H,17,20). The molecule has 0 saturated heterocycles. The van der Waals surface area contributed by atoms with Crippen LogP contribution in [0.25, 0.3) is 11.3 Å². The van der Waals surface area contributed by atoms with E-state index >= 15 is 0 Å². The monoisotopic (exact) mass is 303 g/mol. The van der Waals surface area contributed by atoms with Crippen LogP contribution in [0.5, 0.6) is 5.88 Å². The summed E-state index contributed by atoms with van der Waals surface area (Å²) in [6.45, 7) is 0. The third-order valence-corrected chi connectivity index (χ3v) is 3.58. The van der Waals surface area contributed by atoms with E-state index in [0.29, 0.717) is 28.2 Å². The second kappa shape index (κ2) is 5.69. The van der Waals surface area contributed by atoms with Crippen molar-refractivity contribution in [3.8, 4) is 17.1 Å². The summed E-state index contributed by atoms with van der Waals surface area (Å²) in [5.41, 5.74) is 1.96. The lowest BCUT2D eigenvalue weighted by molar-refractivity contribution is 0.0951. The average Bonchev–Trinajstić information content (AvgIpc) is 3.31. The van der Waals surface area contributed by atoms with Crippen LogP contribution in [0.2, 0.25) is 5.02 Å². The first-order chi connectivity index (χ1) is 10.2. The molecule has 1 N–H and O–H groups in total. The highest BCUT2D eigenvalue weighted by Crippen LogP contribution is 2.26. The van der Waals surface area contributed by atoms with Gasteiger partial charge in [0.05, 0.1) is 23.4 Å². The molecule has 1 heterocycles. The number of methoxy groups -OCH3 is 1. The third-order valence-electron chi connectivity index (χ3n) is 3.27. The van der Waals surface area contributed by atoms with Crippen molar-refractivity contribution >= 4 is 17.5 Å². The van der Waals surface area contributed by atoms with Crippen molar-refractivity contribution in [2.24, 2.45) is 0 Å². The maximum absolute atomic E-state index is 12.0. The van der Waals surface area contributed by atoms with E-state index < -0.39 is 0 Å². The minimum Gasteiger partial charge on any atom is -0.480 e. The number of aromatic nitrogens is 2. The molecule has 0 unspecified atom stereocenters. The number of nitrogens with zero attached hydrogens (tertiary/aromatic N) is 2. The van der Waals surface area contributed by atoms with Crippen LogP contribution in [0, 0.1) is 0 Å². The van der Waals surface area contributed by atoms with Gasteiger partial charge in [-0.05, 0) is 31.0 Å². The Hall–Kier alpha value is -2.14. The first-order valence-electron chi connectivity index (χ1n) is 6.66. The van der Waals surface area contributed by atoms with Gasteiger partial charge >= 0.3 is 0 Å². The molecular formula is C15H14ClN3O2. The lowest BCUT2D eigenvalue weighted by atomic mass is 10.1. The quantitative estimate of drug-likeness (QED) is 0.943. The number of halogens is 1. The maximum atomic E-state index is 12.0. The number of carbonyl (C=O) groups excluding carboxylic acids is 1. The van der Waals surface area contributed by atoms with Crippen molar-refractivity contribution in [2.75, 3.05) is 7.11 Å². The average molecular weight is 304 g/mol. The second-order valence-electron chi connectivity index (χ2n) is 4.90. The van der Waals surface area contributed by atoms with Crippen LogP contribution in [0.3, 0.4) is 0 Å². The molecule has 1 aromatic heterocycles. The Morgan fingerprint density at radius 2 is 2.10 bits per heavy atom. The number of ether oxygens (including phenoxy) is 1. The number of hydrogen-bond donors (Lipinski definition) is 1. The summed E-state index contributed by atoms with van der Waals surface area (Å²) in [6, 6.07) is 9.07. The van der Waals surface area contributed by atoms with Gasteiger partial charge in [0, 0.05) is 17.7 Å². The van der Waals surface area contributed by atoms with Crippen LogP contribution < -0.4 is 10.1 Å². The number of hydrogen-bond acceptors (Lipinski definition) is 4. The van der Waals surface area contributed by atoms with Gasteiger partial charge in [-0.3, -0.25) is 4.79 Å². The highest BCUT2D eigenvalue weighted by atomic mass is 35.5. The van der Waals surface area contributed by atoms with Gasteiger partial charge in [-0.25, -0.2) is 0 Å². The van der Waals surface area contributed by atoms with E-state index in [9.17, 15) is 4.79 Å². The van der Waals surface area contributed by atoms with Crippen molar-refractivity contribution in [3.05, 3.63) is 40.9 Å². The van der Waals surface area contributed by atoms with Crippen molar-refractivity contribution in [2.45, 2.75) is 18.9 Å². The lowest BCUT2D eigenvalue weighted by Gasteiger charge is -2.07. The lowest BCUT2D eigenvalue weighted by Crippen LogP contribution is -2.25. The molecular weight excluding hydrogens is 290 g/mol. The molecule has 1 aliphatic rings. The number of carbonyl (C=O) groups is 1. The van der Waals surface area contributed by atoms with Crippen molar-refractivity contribution in [1.29, 1.82) is 0 Å². The Labute approximate surface area is 127 Å². The normalized spacial score (nSPS) is 13.8. The van der Waals surface area contributed by atoms with E-state index in [1.807, 2.05) is 6.07 Å². The number of rotatable bonds is 4. The van der Waals surface area contributed by atoms with E-state index in [2.05, 4.69) is 15.5 Å². The van der Waals surface area contributed by atoms with Gasteiger partial charge in [-0.2, -0.15) is 0 Å². The molecule has 1 aliphatic carbocycles. The second-order valence-corrected chi connectivity index (χ2v) is 5.31. The van der Waals surface area contributed by atoms with Gasteiger partial charge < -0.3 is 10.1 Å². The van der Waals surface area contributed by atoms with E-state index in [4.69, 9.17) is 16.3 Å². The Morgan fingerprint density at radius 3 is 2.67 bits per heavy atom. The van der Waals surface area contributed by atoms with Crippen molar-refractivity contribution < 1.29 is 9.53 Å². The molecule has 1 saturated carbocycles. The molecule has 108 valence electrons. The molecule has 1 amide bonds. The number of nitrogens with one attached hydrogen (secondary N) is 1. The minimum absolute atomic E-state index is 0.130. The zero-order valence-electron chi connectivity index (χ0n) is 11.5. The summed E-state index contributed by atoms with van der Waals surface area (Å²) >= 11 is 6.20. The van der Waals surface area contributed by atoms with Crippen LogP contribution in [0.1, 0.15) is 23.2 Å². The first kappa shape index (κ1) is 13.8. The molecule has 2 aromatic rings. The van der Waals surface area contributed by atoms with E-state index in [1.165, 1.54) is 7.11 Å². The van der Waals surface area contributed by atoms with Gasteiger partial charge in [0.25, 0.3) is 5.91 Å². The predicted molar refractivity (Wildman–Crippen MR) is 79.5 cm³/mol. The molecule has 0 atom stereocenters. The highest BCUT2D eigenvalue weighted by Gasteiger charge is 2.24. The van der Waals surface area contributed by atoms with Crippen LogP contribution in [0.4, 0.5) is 0 Å². The van der Waals surface area contributed by atoms with Gasteiger partial charge in [0.15, 0.2) is 0 Å². The zero-order valence-corrected chi connectivity index (χ0v) is 12.2. The van der Waals surface area contributed by atoms with Crippen molar-refractivity contribution in [1.82, 2.24) is 15.5 Å². The molecule has 5 nitrogen and oxygen atoms in total. The molecule has 21 heavy (non-hydrogen) atoms. The molecule has 1 aromatic carbocycles. The van der Waals surface area contributed by atoms with Gasteiger partial charge in [0.2, 0.25) is 5.88 Å². The maximum Gasteiger partial charge on any atom is 0.253 e. The van der Waals surface area contributed by atoms with Gasteiger partial charge in [-0.1, -0.05) is 17.7 Å². The van der Waals surface area contributed by atoms with E-state index in [-0.39, 0.29) is 5.91 Å². The zero-order chi connectivity index (χ0) is 14.8. The highest BCUT2D eigenvalue weighted by molar-refractivity contribution is 6.34. The predicted octanol–water partition coefficient (Wildman–Crippen LogP) is 2.70. The Bertz CT molecular complexity index is 669. The van der Waals surface area contributed by atoms with Crippen LogP contribution >= 0.6 is 11.6 Å². The summed E-state index contributed by atoms with van der Waals surface area (Å²) in [4.78, 5) is 12.0. The fourth-order valence-corrected chi connectivity index (χ4v) is 2.20. The summed E-state index contributed by atoms with van der Waals surface area (Å²) in [7, 11) is 1.54. The SMILES string of the molecule is COc1ccc(-c2ccc(C(=O)NC3CC3)c(Cl)c2)nn1. The molecule has 0 radical (unpaired) electrons. The summed E-state index contributed by atoms with van der Waals surface area (Å²) in [6.07, 6.45) is 2.09. The fourth-order valence-electron chi connectivity index (χ4n) is 1.93. The van der Waals surface area contributed by atoms with Crippen LogP contribution in [0.15, 0.2) is 30.3 Å². The smallest absolute Gasteiger partial charge is 0.253 e. The number of amides is 1. The summed E-state index contributed by atoms with van der Waals surface area (Å²) in [5.74, 6) is 0.320. The van der Waals surface area contributed by atoms with Crippen molar-refractivity contribution in [3.63, 3.8) is 0 Å². The number of benzene rings is 1. The molecule has 6 heteroatoms. The Kier molecular flexibility index (Phi) is 3.75. The van der Waals surface area contributed by atoms with Gasteiger partial charge in [0.1, 0.15) is 0 Å². The van der Waals surface area contributed by atoms with E-state index in [0.717, 1.165) is 18.4 Å². The first-order valence-corrected chi connectivity index (χ1v) is 7.03. The van der Waals surface area contributed by atoms with E-state index in [1.54, 1.807) is 24.3 Å². The molecule has 1 fully saturated rings. The molecule has 0 aliphatic heterocycles.